The topological polar surface area (TPSA) is 80.1 Å². The fourth-order valence-electron chi connectivity index (χ4n) is 3.00. The first kappa shape index (κ1) is 16.2. The van der Waals surface area contributed by atoms with E-state index in [2.05, 4.69) is 15.6 Å². The summed E-state index contributed by atoms with van der Waals surface area (Å²) in [5.41, 5.74) is 1.65. The van der Waals surface area contributed by atoms with Gasteiger partial charge in [-0.3, -0.25) is 14.3 Å². The third kappa shape index (κ3) is 3.79. The Morgan fingerprint density at radius 1 is 1.29 bits per heavy atom. The molecule has 3 rings (SSSR count). The number of carbonyl (C=O) groups excluding carboxylic acids is 2. The molecule has 7 heteroatoms. The molecule has 126 valence electrons. The molecule has 0 bridgehead atoms. The van der Waals surface area contributed by atoms with Crippen molar-refractivity contribution >= 4 is 11.8 Å². The maximum Gasteiger partial charge on any atom is 0.254 e. The average Bonchev–Trinajstić information content (AvgIpc) is 3.25. The van der Waals surface area contributed by atoms with Crippen molar-refractivity contribution in [1.29, 1.82) is 0 Å². The van der Waals surface area contributed by atoms with Crippen LogP contribution in [0, 0.1) is 0 Å². The predicted molar refractivity (Wildman–Crippen MR) is 88.0 cm³/mol. The van der Waals surface area contributed by atoms with Crippen LogP contribution in [0.15, 0.2) is 36.7 Å². The Bertz CT molecular complexity index is 696. The van der Waals surface area contributed by atoms with Crippen molar-refractivity contribution in [2.75, 3.05) is 6.54 Å². The van der Waals surface area contributed by atoms with Crippen molar-refractivity contribution in [3.05, 3.63) is 47.8 Å². The molecule has 1 N–H and O–H groups in total. The van der Waals surface area contributed by atoms with Crippen molar-refractivity contribution in [3.63, 3.8) is 0 Å². The van der Waals surface area contributed by atoms with Crippen LogP contribution in [0.3, 0.4) is 0 Å². The fraction of sp³-hybridized carbons (Fsp3) is 0.412. The summed E-state index contributed by atoms with van der Waals surface area (Å²) < 4.78 is 1.77. The summed E-state index contributed by atoms with van der Waals surface area (Å²) in [7, 11) is 0. The largest absolute Gasteiger partial charge is 0.352 e. The van der Waals surface area contributed by atoms with Gasteiger partial charge < -0.3 is 10.2 Å². The third-order valence-electron chi connectivity index (χ3n) is 4.25. The molecule has 0 saturated carbocycles. The first-order chi connectivity index (χ1) is 11.6. The number of aromatic nitrogens is 3. The number of rotatable bonds is 5. The van der Waals surface area contributed by atoms with Crippen LogP contribution in [0.25, 0.3) is 0 Å². The van der Waals surface area contributed by atoms with Crippen LogP contribution in [0.1, 0.15) is 35.7 Å². The number of hydrogen-bond donors (Lipinski definition) is 1. The lowest BCUT2D eigenvalue weighted by molar-refractivity contribution is -0.119. The quantitative estimate of drug-likeness (QED) is 0.895. The van der Waals surface area contributed by atoms with E-state index in [0.717, 1.165) is 24.9 Å². The zero-order chi connectivity index (χ0) is 16.9. The van der Waals surface area contributed by atoms with E-state index in [1.54, 1.807) is 10.9 Å². The van der Waals surface area contributed by atoms with Crippen LogP contribution in [0.2, 0.25) is 0 Å². The highest BCUT2D eigenvalue weighted by molar-refractivity contribution is 5.94. The van der Waals surface area contributed by atoms with Crippen LogP contribution in [0.4, 0.5) is 0 Å². The Balaban J connectivity index is 1.65. The van der Waals surface area contributed by atoms with Gasteiger partial charge in [-0.1, -0.05) is 17.3 Å². The second kappa shape index (κ2) is 7.25. The second-order valence-corrected chi connectivity index (χ2v) is 6.03. The lowest BCUT2D eigenvalue weighted by atomic mass is 10.1. The van der Waals surface area contributed by atoms with Gasteiger partial charge in [0, 0.05) is 31.8 Å². The molecular formula is C17H21N5O2. The van der Waals surface area contributed by atoms with Gasteiger partial charge in [0.2, 0.25) is 5.91 Å². The average molecular weight is 327 g/mol. The Morgan fingerprint density at radius 3 is 2.75 bits per heavy atom. The first-order valence-electron chi connectivity index (χ1n) is 8.12. The molecule has 2 heterocycles. The summed E-state index contributed by atoms with van der Waals surface area (Å²) >= 11 is 0. The molecule has 24 heavy (non-hydrogen) atoms. The summed E-state index contributed by atoms with van der Waals surface area (Å²) in [4.78, 5) is 25.6. The van der Waals surface area contributed by atoms with E-state index in [9.17, 15) is 9.59 Å². The lowest BCUT2D eigenvalue weighted by Gasteiger charge is -2.24. The number of likely N-dealkylation sites (tertiary alicyclic amines) is 1. The number of nitrogens with zero attached hydrogens (tertiary/aromatic N) is 4. The second-order valence-electron chi connectivity index (χ2n) is 6.03. The van der Waals surface area contributed by atoms with Crippen molar-refractivity contribution in [3.8, 4) is 0 Å². The van der Waals surface area contributed by atoms with E-state index < -0.39 is 0 Å². The van der Waals surface area contributed by atoms with Gasteiger partial charge in [0.15, 0.2) is 0 Å². The van der Waals surface area contributed by atoms with Crippen molar-refractivity contribution < 1.29 is 9.59 Å². The lowest BCUT2D eigenvalue weighted by Crippen LogP contribution is -2.38. The molecule has 0 aliphatic carbocycles. The molecular weight excluding hydrogens is 306 g/mol. The van der Waals surface area contributed by atoms with Crippen molar-refractivity contribution in [2.24, 2.45) is 0 Å². The summed E-state index contributed by atoms with van der Waals surface area (Å²) in [6, 6.07) is 7.56. The fourth-order valence-corrected chi connectivity index (χ4v) is 3.00. The molecule has 2 amide bonds. The Labute approximate surface area is 140 Å². The van der Waals surface area contributed by atoms with E-state index in [-0.39, 0.29) is 17.9 Å². The molecule has 1 atom stereocenters. The molecule has 2 aromatic rings. The van der Waals surface area contributed by atoms with Crippen LogP contribution in [0.5, 0.6) is 0 Å². The van der Waals surface area contributed by atoms with Gasteiger partial charge in [0.1, 0.15) is 0 Å². The molecule has 1 aromatic heterocycles. The van der Waals surface area contributed by atoms with Crippen LogP contribution in [-0.2, 0) is 17.9 Å². The summed E-state index contributed by atoms with van der Waals surface area (Å²) in [5.74, 6) is -0.0214. The van der Waals surface area contributed by atoms with E-state index in [1.165, 1.54) is 6.92 Å². The van der Waals surface area contributed by atoms with Gasteiger partial charge in [-0.2, -0.15) is 0 Å². The predicted octanol–water partition coefficient (Wildman–Crippen LogP) is 1.22. The SMILES string of the molecule is CC(=O)NCc1ccc(C(=O)N2CCC[C@H]2Cn2ccnn2)cc1. The Kier molecular flexibility index (Phi) is 4.88. The third-order valence-corrected chi connectivity index (χ3v) is 4.25. The van der Waals surface area contributed by atoms with E-state index in [0.29, 0.717) is 18.7 Å². The molecule has 1 aliphatic heterocycles. The zero-order valence-electron chi connectivity index (χ0n) is 13.7. The number of nitrogens with one attached hydrogen (secondary N) is 1. The Hall–Kier alpha value is -2.70. The summed E-state index contributed by atoms with van der Waals surface area (Å²) in [6.45, 7) is 3.40. The van der Waals surface area contributed by atoms with Gasteiger partial charge in [0.05, 0.1) is 18.8 Å². The number of benzene rings is 1. The first-order valence-corrected chi connectivity index (χ1v) is 8.12. The van der Waals surface area contributed by atoms with Crippen molar-refractivity contribution in [2.45, 2.75) is 38.9 Å². The number of hydrogen-bond acceptors (Lipinski definition) is 4. The standard InChI is InChI=1S/C17H21N5O2/c1-13(23)18-11-14-4-6-15(7-5-14)17(24)22-9-2-3-16(22)12-21-10-8-19-20-21/h4-8,10,16H,2-3,9,11-12H2,1H3,(H,18,23)/t16-/m0/s1. The van der Waals surface area contributed by atoms with Crippen LogP contribution < -0.4 is 5.32 Å². The minimum atomic E-state index is -0.0665. The molecule has 1 saturated heterocycles. The molecule has 0 radical (unpaired) electrons. The summed E-state index contributed by atoms with van der Waals surface area (Å²) in [5, 5.41) is 10.5. The maximum atomic E-state index is 12.8. The van der Waals surface area contributed by atoms with Gasteiger partial charge in [-0.15, -0.1) is 5.10 Å². The van der Waals surface area contributed by atoms with Gasteiger partial charge in [-0.05, 0) is 30.5 Å². The molecule has 0 spiro atoms. The van der Waals surface area contributed by atoms with Gasteiger partial charge in [0.25, 0.3) is 5.91 Å². The normalized spacial score (nSPS) is 17.0. The minimum absolute atomic E-state index is 0.0451. The molecule has 0 unspecified atom stereocenters. The summed E-state index contributed by atoms with van der Waals surface area (Å²) in [6.07, 6.45) is 5.45. The molecule has 1 aromatic carbocycles. The van der Waals surface area contributed by atoms with Gasteiger partial charge >= 0.3 is 0 Å². The molecule has 7 nitrogen and oxygen atoms in total. The van der Waals surface area contributed by atoms with Crippen molar-refractivity contribution in [1.82, 2.24) is 25.2 Å². The monoisotopic (exact) mass is 327 g/mol. The smallest absolute Gasteiger partial charge is 0.254 e. The van der Waals surface area contributed by atoms with Crippen LogP contribution in [-0.4, -0.2) is 44.3 Å². The van der Waals surface area contributed by atoms with Crippen LogP contribution >= 0.6 is 0 Å². The van der Waals surface area contributed by atoms with Gasteiger partial charge in [-0.25, -0.2) is 0 Å². The minimum Gasteiger partial charge on any atom is -0.352 e. The van der Waals surface area contributed by atoms with E-state index in [4.69, 9.17) is 0 Å². The highest BCUT2D eigenvalue weighted by Crippen LogP contribution is 2.21. The number of carbonyl (C=O) groups is 2. The zero-order valence-corrected chi connectivity index (χ0v) is 13.7. The molecule has 1 fully saturated rings. The van der Waals surface area contributed by atoms with E-state index >= 15 is 0 Å². The highest BCUT2D eigenvalue weighted by atomic mass is 16.2. The molecule has 1 aliphatic rings. The maximum absolute atomic E-state index is 12.8. The highest BCUT2D eigenvalue weighted by Gasteiger charge is 2.29. The Morgan fingerprint density at radius 2 is 2.08 bits per heavy atom. The number of amides is 2. The van der Waals surface area contributed by atoms with E-state index in [1.807, 2.05) is 35.4 Å².